The minimum atomic E-state index is -1.16. The van der Waals surface area contributed by atoms with Gasteiger partial charge in [0.25, 0.3) is 5.91 Å². The Morgan fingerprint density at radius 3 is 2.86 bits per heavy atom. The van der Waals surface area contributed by atoms with Crippen molar-refractivity contribution in [3.8, 4) is 0 Å². The number of nitrogens with one attached hydrogen (secondary N) is 2. The van der Waals surface area contributed by atoms with Gasteiger partial charge in [-0.3, -0.25) is 24.2 Å². The summed E-state index contributed by atoms with van der Waals surface area (Å²) < 4.78 is 1.34. The van der Waals surface area contributed by atoms with Crippen LogP contribution in [-0.2, 0) is 11.8 Å². The van der Waals surface area contributed by atoms with Crippen LogP contribution in [0.3, 0.4) is 0 Å². The molecule has 1 aromatic carbocycles. The normalized spacial score (nSPS) is 16.7. The van der Waals surface area contributed by atoms with Crippen LogP contribution in [-0.4, -0.2) is 25.8 Å². The van der Waals surface area contributed by atoms with Crippen LogP contribution in [0.4, 0.5) is 5.69 Å². The highest BCUT2D eigenvalue weighted by Crippen LogP contribution is 2.35. The summed E-state index contributed by atoms with van der Waals surface area (Å²) in [5.74, 6) is -0.471. The quantitative estimate of drug-likeness (QED) is 0.650. The van der Waals surface area contributed by atoms with Crippen LogP contribution in [0.15, 0.2) is 37.8 Å². The maximum atomic E-state index is 11.4. The second kappa shape index (κ2) is 4.86. The number of aliphatic hydroxyl groups is 1. The highest BCUT2D eigenvalue weighted by Gasteiger charge is 2.28. The number of nitrogens with zero attached hydrogens (tertiary/aromatic N) is 2. The number of benzene rings is 1. The minimum absolute atomic E-state index is 0.310. The monoisotopic (exact) mass is 306 g/mol. The molecule has 2 aromatic rings. The minimum Gasteiger partial charge on any atom is -0.378 e. The number of fused-ring (bicyclic) bond motifs is 1. The average Bonchev–Trinajstić information content (AvgIpc) is 2.71. The molecule has 21 heavy (non-hydrogen) atoms. The number of H-pyrrole nitrogens is 1. The molecule has 0 aliphatic carbocycles. The lowest BCUT2D eigenvalue weighted by Crippen LogP contribution is -2.33. The number of hydrogen-bond acceptors (Lipinski definition) is 6. The molecule has 1 unspecified atom stereocenters. The first kappa shape index (κ1) is 13.6. The second-order valence-corrected chi connectivity index (χ2v) is 5.48. The SMILES string of the molecule is Cn1[nH]c(=O)c(=O)nc1Sc1ccc2c(c1)NC(=O)C2O. The maximum Gasteiger partial charge on any atom is 0.339 e. The smallest absolute Gasteiger partial charge is 0.339 e. The van der Waals surface area contributed by atoms with Crippen LogP contribution >= 0.6 is 11.8 Å². The Balaban J connectivity index is 1.96. The van der Waals surface area contributed by atoms with Gasteiger partial charge in [-0.15, -0.1) is 0 Å². The molecule has 0 fully saturated rings. The number of hydrogen-bond donors (Lipinski definition) is 3. The number of aliphatic hydroxyl groups excluding tert-OH is 1. The first-order chi connectivity index (χ1) is 9.95. The first-order valence-corrected chi connectivity index (χ1v) is 6.75. The molecule has 0 radical (unpaired) electrons. The molecular weight excluding hydrogens is 296 g/mol. The van der Waals surface area contributed by atoms with Crippen LogP contribution in [0.1, 0.15) is 11.7 Å². The number of aromatic amines is 1. The summed E-state index contributed by atoms with van der Waals surface area (Å²) in [5, 5.41) is 14.8. The molecule has 1 aromatic heterocycles. The Bertz CT molecular complexity index is 857. The van der Waals surface area contributed by atoms with E-state index in [1.807, 2.05) is 0 Å². The summed E-state index contributed by atoms with van der Waals surface area (Å²) in [6, 6.07) is 5.00. The number of amides is 1. The number of rotatable bonds is 2. The highest BCUT2D eigenvalue weighted by molar-refractivity contribution is 7.99. The van der Waals surface area contributed by atoms with E-state index in [1.165, 1.54) is 4.68 Å². The van der Waals surface area contributed by atoms with Gasteiger partial charge in [-0.2, -0.15) is 4.98 Å². The summed E-state index contributed by atoms with van der Waals surface area (Å²) in [4.78, 5) is 38.2. The van der Waals surface area contributed by atoms with Gasteiger partial charge < -0.3 is 10.4 Å². The first-order valence-electron chi connectivity index (χ1n) is 5.94. The molecule has 1 amide bonds. The van der Waals surface area contributed by atoms with Gasteiger partial charge in [0.2, 0.25) is 0 Å². The Morgan fingerprint density at radius 2 is 2.10 bits per heavy atom. The number of aromatic nitrogens is 3. The highest BCUT2D eigenvalue weighted by atomic mass is 32.2. The van der Waals surface area contributed by atoms with Crippen molar-refractivity contribution in [2.75, 3.05) is 5.32 Å². The third-order valence-electron chi connectivity index (χ3n) is 2.98. The molecule has 1 atom stereocenters. The van der Waals surface area contributed by atoms with Crippen molar-refractivity contribution in [3.63, 3.8) is 0 Å². The zero-order chi connectivity index (χ0) is 15.1. The van der Waals surface area contributed by atoms with E-state index in [0.29, 0.717) is 21.3 Å². The molecule has 0 saturated heterocycles. The summed E-state index contributed by atoms with van der Waals surface area (Å²) in [5.41, 5.74) is -0.619. The van der Waals surface area contributed by atoms with Gasteiger partial charge in [0.15, 0.2) is 11.3 Å². The molecule has 1 aliphatic rings. The zero-order valence-electron chi connectivity index (χ0n) is 10.8. The van der Waals surface area contributed by atoms with E-state index in [-0.39, 0.29) is 0 Å². The Morgan fingerprint density at radius 1 is 1.33 bits per heavy atom. The van der Waals surface area contributed by atoms with Gasteiger partial charge in [-0.05, 0) is 12.1 Å². The fourth-order valence-corrected chi connectivity index (χ4v) is 2.78. The predicted molar refractivity (Wildman–Crippen MR) is 74.3 cm³/mol. The third kappa shape index (κ3) is 2.36. The zero-order valence-corrected chi connectivity index (χ0v) is 11.6. The van der Waals surface area contributed by atoms with Crippen LogP contribution in [0.5, 0.6) is 0 Å². The van der Waals surface area contributed by atoms with E-state index in [1.54, 1.807) is 25.2 Å². The number of aryl methyl sites for hydroxylation is 1. The molecule has 0 bridgehead atoms. The molecule has 108 valence electrons. The van der Waals surface area contributed by atoms with Crippen molar-refractivity contribution < 1.29 is 9.90 Å². The van der Waals surface area contributed by atoms with Gasteiger partial charge in [0.1, 0.15) is 0 Å². The van der Waals surface area contributed by atoms with Gasteiger partial charge >= 0.3 is 11.1 Å². The van der Waals surface area contributed by atoms with E-state index < -0.39 is 23.1 Å². The summed E-state index contributed by atoms with van der Waals surface area (Å²) in [6.45, 7) is 0. The van der Waals surface area contributed by atoms with Gasteiger partial charge in [-0.1, -0.05) is 17.8 Å². The molecule has 2 heterocycles. The van der Waals surface area contributed by atoms with Crippen molar-refractivity contribution >= 4 is 23.4 Å². The van der Waals surface area contributed by atoms with Crippen molar-refractivity contribution in [3.05, 3.63) is 44.5 Å². The molecule has 1 aliphatic heterocycles. The predicted octanol–water partition coefficient (Wildman–Crippen LogP) is -0.395. The molecule has 9 heteroatoms. The fourth-order valence-electron chi connectivity index (χ4n) is 1.95. The van der Waals surface area contributed by atoms with Gasteiger partial charge in [0.05, 0.1) is 0 Å². The summed E-state index contributed by atoms with van der Waals surface area (Å²) in [6.07, 6.45) is -1.16. The Kier molecular flexibility index (Phi) is 3.15. The standard InChI is InChI=1S/C12H10N4O4S/c1-16-12(14-10(19)11(20)15-16)21-5-2-3-6-7(4-5)13-9(18)8(6)17/h2-4,8,17H,1H3,(H,13,18)(H,15,20). The van der Waals surface area contributed by atoms with Crippen LogP contribution < -0.4 is 16.4 Å². The van der Waals surface area contributed by atoms with Crippen LogP contribution in [0, 0.1) is 0 Å². The lowest BCUT2D eigenvalue weighted by molar-refractivity contribution is -0.123. The average molecular weight is 306 g/mol. The van der Waals surface area contributed by atoms with Gasteiger partial charge in [-0.25, -0.2) is 0 Å². The van der Waals surface area contributed by atoms with Crippen molar-refractivity contribution in [2.45, 2.75) is 16.2 Å². The molecule has 3 rings (SSSR count). The van der Waals surface area contributed by atoms with E-state index >= 15 is 0 Å². The van der Waals surface area contributed by atoms with E-state index in [9.17, 15) is 19.5 Å². The van der Waals surface area contributed by atoms with Gasteiger partial charge in [0, 0.05) is 23.2 Å². The number of anilines is 1. The summed E-state index contributed by atoms with van der Waals surface area (Å²) in [7, 11) is 1.56. The van der Waals surface area contributed by atoms with Crippen molar-refractivity contribution in [1.29, 1.82) is 0 Å². The molecular formula is C12H10N4O4S. The second-order valence-electron chi connectivity index (χ2n) is 4.44. The number of carbonyl (C=O) groups excluding carboxylic acids is 1. The topological polar surface area (TPSA) is 117 Å². The summed E-state index contributed by atoms with van der Waals surface area (Å²) >= 11 is 1.15. The molecule has 0 spiro atoms. The van der Waals surface area contributed by atoms with Crippen LogP contribution in [0.2, 0.25) is 0 Å². The molecule has 3 N–H and O–H groups in total. The number of carbonyl (C=O) groups is 1. The van der Waals surface area contributed by atoms with Crippen molar-refractivity contribution in [1.82, 2.24) is 14.8 Å². The van der Waals surface area contributed by atoms with E-state index in [0.717, 1.165) is 11.8 Å². The van der Waals surface area contributed by atoms with E-state index in [2.05, 4.69) is 15.4 Å². The van der Waals surface area contributed by atoms with E-state index in [4.69, 9.17) is 0 Å². The lowest BCUT2D eigenvalue weighted by Gasteiger charge is -2.07. The fraction of sp³-hybridized carbons (Fsp3) is 0.167. The maximum absolute atomic E-state index is 11.4. The lowest BCUT2D eigenvalue weighted by atomic mass is 10.1. The van der Waals surface area contributed by atoms with Crippen molar-refractivity contribution in [2.24, 2.45) is 7.05 Å². The third-order valence-corrected chi connectivity index (χ3v) is 4.02. The Hall–Kier alpha value is -2.39. The molecule has 0 saturated carbocycles. The van der Waals surface area contributed by atoms with Crippen LogP contribution in [0.25, 0.3) is 0 Å². The molecule has 8 nitrogen and oxygen atoms in total. The largest absolute Gasteiger partial charge is 0.378 e. The Labute approximate surface area is 121 Å².